The molecule has 0 N–H and O–H groups in total. The summed E-state index contributed by atoms with van der Waals surface area (Å²) in [4.78, 5) is 4.20. The van der Waals surface area contributed by atoms with E-state index in [0.717, 1.165) is 12.8 Å². The number of halogens is 1. The lowest BCUT2D eigenvalue weighted by Crippen LogP contribution is -2.03. The van der Waals surface area contributed by atoms with Crippen LogP contribution < -0.4 is 0 Å². The van der Waals surface area contributed by atoms with Crippen molar-refractivity contribution < 1.29 is 9.26 Å². The molecule has 0 bridgehead atoms. The molecule has 1 aromatic heterocycles. The van der Waals surface area contributed by atoms with E-state index >= 15 is 0 Å². The van der Waals surface area contributed by atoms with Gasteiger partial charge in [0.1, 0.15) is 6.10 Å². The SMILES string of the molecule is CCCC(OC)c1noc(CCCl)n1. The Morgan fingerprint density at radius 1 is 1.57 bits per heavy atom. The van der Waals surface area contributed by atoms with E-state index in [4.69, 9.17) is 20.9 Å². The van der Waals surface area contributed by atoms with E-state index in [0.29, 0.717) is 24.0 Å². The average molecular weight is 219 g/mol. The van der Waals surface area contributed by atoms with Crippen LogP contribution in [0.1, 0.15) is 37.6 Å². The highest BCUT2D eigenvalue weighted by Gasteiger charge is 2.16. The number of methoxy groups -OCH3 is 1. The first kappa shape index (κ1) is 11.5. The van der Waals surface area contributed by atoms with Gasteiger partial charge in [0.05, 0.1) is 0 Å². The van der Waals surface area contributed by atoms with Gasteiger partial charge in [-0.25, -0.2) is 0 Å². The fourth-order valence-electron chi connectivity index (χ4n) is 1.20. The van der Waals surface area contributed by atoms with E-state index in [-0.39, 0.29) is 6.10 Å². The number of aromatic nitrogens is 2. The highest BCUT2D eigenvalue weighted by Crippen LogP contribution is 2.18. The summed E-state index contributed by atoms with van der Waals surface area (Å²) in [5, 5.41) is 3.85. The molecule has 0 saturated heterocycles. The van der Waals surface area contributed by atoms with Gasteiger partial charge in [0.25, 0.3) is 0 Å². The summed E-state index contributed by atoms with van der Waals surface area (Å²) in [6.07, 6.45) is 2.47. The number of rotatable bonds is 6. The monoisotopic (exact) mass is 218 g/mol. The Bertz CT molecular complexity index is 265. The van der Waals surface area contributed by atoms with Gasteiger partial charge in [-0.3, -0.25) is 0 Å². The van der Waals surface area contributed by atoms with Gasteiger partial charge in [-0.1, -0.05) is 18.5 Å². The summed E-state index contributed by atoms with van der Waals surface area (Å²) in [5.41, 5.74) is 0. The van der Waals surface area contributed by atoms with Crippen molar-refractivity contribution in [1.29, 1.82) is 0 Å². The van der Waals surface area contributed by atoms with Crippen LogP contribution in [0.2, 0.25) is 0 Å². The predicted molar refractivity (Wildman–Crippen MR) is 53.4 cm³/mol. The van der Waals surface area contributed by atoms with Crippen LogP contribution in [-0.4, -0.2) is 23.1 Å². The second-order valence-corrected chi connectivity index (χ2v) is 3.38. The molecule has 14 heavy (non-hydrogen) atoms. The summed E-state index contributed by atoms with van der Waals surface area (Å²) < 4.78 is 10.3. The lowest BCUT2D eigenvalue weighted by molar-refractivity contribution is 0.0854. The van der Waals surface area contributed by atoms with Gasteiger partial charge in [-0.2, -0.15) is 4.98 Å². The molecular formula is C9H15ClN2O2. The Morgan fingerprint density at radius 2 is 2.36 bits per heavy atom. The maximum Gasteiger partial charge on any atom is 0.227 e. The van der Waals surface area contributed by atoms with Crippen LogP contribution in [0.3, 0.4) is 0 Å². The van der Waals surface area contributed by atoms with Gasteiger partial charge in [0, 0.05) is 19.4 Å². The zero-order chi connectivity index (χ0) is 10.4. The maximum absolute atomic E-state index is 5.56. The Morgan fingerprint density at radius 3 is 2.93 bits per heavy atom. The van der Waals surface area contributed by atoms with E-state index in [1.54, 1.807) is 7.11 Å². The maximum atomic E-state index is 5.56. The number of hydrogen-bond donors (Lipinski definition) is 0. The van der Waals surface area contributed by atoms with Crippen molar-refractivity contribution in [2.75, 3.05) is 13.0 Å². The topological polar surface area (TPSA) is 48.2 Å². The fraction of sp³-hybridized carbons (Fsp3) is 0.778. The van der Waals surface area contributed by atoms with E-state index < -0.39 is 0 Å². The van der Waals surface area contributed by atoms with Crippen LogP contribution in [0.25, 0.3) is 0 Å². The number of aryl methyl sites for hydroxylation is 1. The highest BCUT2D eigenvalue weighted by atomic mass is 35.5. The fourth-order valence-corrected chi connectivity index (χ4v) is 1.36. The van der Waals surface area contributed by atoms with E-state index in [1.165, 1.54) is 0 Å². The van der Waals surface area contributed by atoms with Crippen molar-refractivity contribution in [3.05, 3.63) is 11.7 Å². The van der Waals surface area contributed by atoms with Crippen molar-refractivity contribution >= 4 is 11.6 Å². The lowest BCUT2D eigenvalue weighted by atomic mass is 10.2. The van der Waals surface area contributed by atoms with Crippen molar-refractivity contribution in [1.82, 2.24) is 10.1 Å². The summed E-state index contributed by atoms with van der Waals surface area (Å²) >= 11 is 5.56. The molecule has 80 valence electrons. The van der Waals surface area contributed by atoms with Crippen LogP contribution >= 0.6 is 11.6 Å². The van der Waals surface area contributed by atoms with E-state index in [1.807, 2.05) is 0 Å². The normalized spacial score (nSPS) is 13.1. The summed E-state index contributed by atoms with van der Waals surface area (Å²) in [5.74, 6) is 1.69. The minimum atomic E-state index is -0.0622. The van der Waals surface area contributed by atoms with Gasteiger partial charge >= 0.3 is 0 Å². The first-order valence-electron chi connectivity index (χ1n) is 4.73. The molecule has 1 atom stereocenters. The predicted octanol–water partition coefficient (Wildman–Crippen LogP) is 2.34. The number of ether oxygens (including phenoxy) is 1. The quantitative estimate of drug-likeness (QED) is 0.688. The Labute approximate surface area is 88.6 Å². The first-order valence-corrected chi connectivity index (χ1v) is 5.26. The largest absolute Gasteiger partial charge is 0.373 e. The molecule has 0 fully saturated rings. The summed E-state index contributed by atoms with van der Waals surface area (Å²) in [7, 11) is 1.65. The average Bonchev–Trinajstić information content (AvgIpc) is 2.63. The Kier molecular flexibility index (Phi) is 4.90. The molecule has 0 aromatic carbocycles. The van der Waals surface area contributed by atoms with Gasteiger partial charge < -0.3 is 9.26 Å². The van der Waals surface area contributed by atoms with Crippen molar-refractivity contribution in [3.8, 4) is 0 Å². The molecule has 5 heteroatoms. The molecule has 0 amide bonds. The van der Waals surface area contributed by atoms with Crippen molar-refractivity contribution in [3.63, 3.8) is 0 Å². The summed E-state index contributed by atoms with van der Waals surface area (Å²) in [6.45, 7) is 2.09. The molecule has 0 aliphatic heterocycles. The number of hydrogen-bond acceptors (Lipinski definition) is 4. The molecule has 1 heterocycles. The molecule has 1 aromatic rings. The van der Waals surface area contributed by atoms with Gasteiger partial charge in [-0.15, -0.1) is 11.6 Å². The van der Waals surface area contributed by atoms with Crippen molar-refractivity contribution in [2.45, 2.75) is 32.3 Å². The first-order chi connectivity index (χ1) is 6.81. The van der Waals surface area contributed by atoms with Crippen LogP contribution in [0.4, 0.5) is 0 Å². The van der Waals surface area contributed by atoms with E-state index in [9.17, 15) is 0 Å². The van der Waals surface area contributed by atoms with Gasteiger partial charge in [-0.05, 0) is 6.42 Å². The third-order valence-electron chi connectivity index (χ3n) is 1.92. The van der Waals surface area contributed by atoms with Crippen LogP contribution in [0.5, 0.6) is 0 Å². The standard InChI is InChI=1S/C9H15ClN2O2/c1-3-4-7(13-2)9-11-8(5-6-10)14-12-9/h7H,3-6H2,1-2H3. The molecule has 1 unspecified atom stereocenters. The van der Waals surface area contributed by atoms with Gasteiger partial charge in [0.15, 0.2) is 0 Å². The van der Waals surface area contributed by atoms with Crippen molar-refractivity contribution in [2.24, 2.45) is 0 Å². The van der Waals surface area contributed by atoms with Crippen LogP contribution in [0, 0.1) is 0 Å². The summed E-state index contributed by atoms with van der Waals surface area (Å²) in [6, 6.07) is 0. The molecule has 0 spiro atoms. The zero-order valence-corrected chi connectivity index (χ0v) is 9.25. The Hall–Kier alpha value is -0.610. The minimum Gasteiger partial charge on any atom is -0.373 e. The zero-order valence-electron chi connectivity index (χ0n) is 8.49. The second-order valence-electron chi connectivity index (χ2n) is 3.00. The molecular weight excluding hydrogens is 204 g/mol. The molecule has 0 saturated carbocycles. The molecule has 0 radical (unpaired) electrons. The minimum absolute atomic E-state index is 0.0622. The molecule has 1 rings (SSSR count). The smallest absolute Gasteiger partial charge is 0.227 e. The van der Waals surface area contributed by atoms with Crippen LogP contribution in [-0.2, 0) is 11.2 Å². The number of nitrogens with zero attached hydrogens (tertiary/aromatic N) is 2. The molecule has 0 aliphatic carbocycles. The molecule has 4 nitrogen and oxygen atoms in total. The van der Waals surface area contributed by atoms with Crippen LogP contribution in [0.15, 0.2) is 4.52 Å². The van der Waals surface area contributed by atoms with E-state index in [2.05, 4.69) is 17.1 Å². The molecule has 0 aliphatic rings. The second kappa shape index (κ2) is 5.98. The third kappa shape index (κ3) is 2.96. The lowest BCUT2D eigenvalue weighted by Gasteiger charge is -2.08. The number of alkyl halides is 1. The Balaban J connectivity index is 2.63. The van der Waals surface area contributed by atoms with Gasteiger partial charge in [0.2, 0.25) is 11.7 Å². The third-order valence-corrected chi connectivity index (χ3v) is 2.10. The highest BCUT2D eigenvalue weighted by molar-refractivity contribution is 6.17.